The van der Waals surface area contributed by atoms with Crippen molar-refractivity contribution in [3.8, 4) is 5.75 Å². The average Bonchev–Trinajstić information content (AvgIpc) is 2.36. The van der Waals surface area contributed by atoms with E-state index in [-0.39, 0.29) is 18.2 Å². The lowest BCUT2D eigenvalue weighted by molar-refractivity contribution is -0.137. The molecule has 1 atom stereocenters. The summed E-state index contributed by atoms with van der Waals surface area (Å²) in [5, 5.41) is 11.3. The topological polar surface area (TPSA) is 75.6 Å². The van der Waals surface area contributed by atoms with Crippen LogP contribution < -0.4 is 10.1 Å². The smallest absolute Gasteiger partial charge is 0.303 e. The predicted molar refractivity (Wildman–Crippen MR) is 67.7 cm³/mol. The first kappa shape index (κ1) is 14.0. The third kappa shape index (κ3) is 4.45. The zero-order chi connectivity index (χ0) is 13.5. The first-order chi connectivity index (χ1) is 8.52. The molecule has 18 heavy (non-hydrogen) atoms. The Morgan fingerprint density at radius 3 is 2.44 bits per heavy atom. The number of aliphatic carboxylic acids is 1. The summed E-state index contributed by atoms with van der Waals surface area (Å²) < 4.78 is 5.01. The molecule has 0 aliphatic heterocycles. The first-order valence-corrected chi connectivity index (χ1v) is 5.69. The van der Waals surface area contributed by atoms with Crippen molar-refractivity contribution in [2.45, 2.75) is 19.8 Å². The molecule has 1 aromatic carbocycles. The normalized spacial score (nSPS) is 11.7. The molecule has 0 heterocycles. The van der Waals surface area contributed by atoms with Crippen LogP contribution in [0.3, 0.4) is 0 Å². The number of nitrogens with one attached hydrogen (secondary N) is 1. The van der Waals surface area contributed by atoms with Crippen molar-refractivity contribution in [3.63, 3.8) is 0 Å². The molecule has 0 bridgehead atoms. The van der Waals surface area contributed by atoms with Crippen LogP contribution in [0.2, 0.25) is 0 Å². The Bertz CT molecular complexity index is 414. The van der Waals surface area contributed by atoms with Crippen LogP contribution in [-0.2, 0) is 9.59 Å². The minimum absolute atomic E-state index is 0.00278. The molecule has 0 spiro atoms. The second-order valence-electron chi connectivity index (χ2n) is 4.05. The summed E-state index contributed by atoms with van der Waals surface area (Å²) in [5.41, 5.74) is 0.669. The van der Waals surface area contributed by atoms with Crippen molar-refractivity contribution in [1.82, 2.24) is 0 Å². The van der Waals surface area contributed by atoms with E-state index in [4.69, 9.17) is 9.84 Å². The van der Waals surface area contributed by atoms with E-state index >= 15 is 0 Å². The van der Waals surface area contributed by atoms with Gasteiger partial charge < -0.3 is 15.2 Å². The van der Waals surface area contributed by atoms with E-state index in [9.17, 15) is 9.59 Å². The molecule has 0 fully saturated rings. The highest BCUT2D eigenvalue weighted by atomic mass is 16.5. The summed E-state index contributed by atoms with van der Waals surface area (Å²) in [6, 6.07) is 6.97. The van der Waals surface area contributed by atoms with Crippen molar-refractivity contribution >= 4 is 17.6 Å². The molecule has 0 saturated carbocycles. The highest BCUT2D eigenvalue weighted by Gasteiger charge is 2.14. The van der Waals surface area contributed by atoms with Gasteiger partial charge >= 0.3 is 5.97 Å². The number of ether oxygens (including phenoxy) is 1. The third-order valence-corrected chi connectivity index (χ3v) is 2.60. The molecule has 1 unspecified atom stereocenters. The predicted octanol–water partition coefficient (Wildman–Crippen LogP) is 2.13. The minimum atomic E-state index is -0.890. The number of hydrogen-bond acceptors (Lipinski definition) is 3. The van der Waals surface area contributed by atoms with Gasteiger partial charge in [0.2, 0.25) is 5.91 Å². The van der Waals surface area contributed by atoms with E-state index in [2.05, 4.69) is 5.32 Å². The van der Waals surface area contributed by atoms with Crippen molar-refractivity contribution in [2.24, 2.45) is 5.92 Å². The highest BCUT2D eigenvalue weighted by Crippen LogP contribution is 2.16. The van der Waals surface area contributed by atoms with Crippen molar-refractivity contribution in [3.05, 3.63) is 24.3 Å². The summed E-state index contributed by atoms with van der Waals surface area (Å²) in [6.07, 6.45) is 0.328. The third-order valence-electron chi connectivity index (χ3n) is 2.60. The van der Waals surface area contributed by atoms with Gasteiger partial charge in [-0.2, -0.15) is 0 Å². The average molecular weight is 251 g/mol. The quantitative estimate of drug-likeness (QED) is 0.812. The van der Waals surface area contributed by atoms with Gasteiger partial charge in [0.25, 0.3) is 0 Å². The van der Waals surface area contributed by atoms with Gasteiger partial charge in [0.15, 0.2) is 0 Å². The molecule has 0 aliphatic rings. The molecular formula is C13H17NO4. The van der Waals surface area contributed by atoms with Crippen LogP contribution >= 0.6 is 0 Å². The molecule has 0 saturated heterocycles. The largest absolute Gasteiger partial charge is 0.497 e. The van der Waals surface area contributed by atoms with Crippen molar-refractivity contribution < 1.29 is 19.4 Å². The number of hydrogen-bond donors (Lipinski definition) is 2. The summed E-state index contributed by atoms with van der Waals surface area (Å²) in [7, 11) is 1.57. The number of rotatable bonds is 6. The number of carboxylic acid groups (broad SMARTS) is 1. The lowest BCUT2D eigenvalue weighted by Crippen LogP contribution is -2.21. The van der Waals surface area contributed by atoms with Crippen LogP contribution in [-0.4, -0.2) is 24.1 Å². The summed E-state index contributed by atoms with van der Waals surface area (Å²) in [5.74, 6) is -0.685. The Balaban J connectivity index is 2.49. The molecule has 0 aliphatic carbocycles. The Morgan fingerprint density at radius 2 is 1.94 bits per heavy atom. The highest BCUT2D eigenvalue weighted by molar-refractivity contribution is 5.92. The van der Waals surface area contributed by atoms with E-state index in [0.29, 0.717) is 17.9 Å². The fraction of sp³-hybridized carbons (Fsp3) is 0.385. The number of amides is 1. The lowest BCUT2D eigenvalue weighted by Gasteiger charge is -2.11. The number of carbonyl (C=O) groups excluding carboxylic acids is 1. The molecule has 98 valence electrons. The van der Waals surface area contributed by atoms with Crippen LogP contribution in [0.15, 0.2) is 24.3 Å². The molecule has 5 nitrogen and oxygen atoms in total. The van der Waals surface area contributed by atoms with Crippen LogP contribution in [0, 0.1) is 5.92 Å². The number of carboxylic acids is 1. The second kappa shape index (κ2) is 6.64. The molecular weight excluding hydrogens is 234 g/mol. The van der Waals surface area contributed by atoms with Crippen LogP contribution in [0.5, 0.6) is 5.75 Å². The Labute approximate surface area is 106 Å². The van der Waals surface area contributed by atoms with E-state index in [1.54, 1.807) is 38.3 Å². The van der Waals surface area contributed by atoms with Gasteiger partial charge in [-0.15, -0.1) is 0 Å². The maximum Gasteiger partial charge on any atom is 0.303 e. The Morgan fingerprint density at radius 1 is 1.33 bits per heavy atom. The zero-order valence-electron chi connectivity index (χ0n) is 10.5. The maximum atomic E-state index is 11.7. The molecule has 1 aromatic rings. The molecule has 1 rings (SSSR count). The number of anilines is 1. The SMILES string of the molecule is COc1ccc(NC(=O)C(C)CCC(=O)O)cc1. The van der Waals surface area contributed by atoms with Gasteiger partial charge in [-0.05, 0) is 30.7 Å². The van der Waals surface area contributed by atoms with Crippen LogP contribution in [0.25, 0.3) is 0 Å². The van der Waals surface area contributed by atoms with Crippen LogP contribution in [0.1, 0.15) is 19.8 Å². The zero-order valence-corrected chi connectivity index (χ0v) is 10.5. The molecule has 0 aromatic heterocycles. The number of carbonyl (C=O) groups is 2. The Kier molecular flexibility index (Phi) is 5.17. The fourth-order valence-corrected chi connectivity index (χ4v) is 1.41. The molecule has 2 N–H and O–H groups in total. The summed E-state index contributed by atoms with van der Waals surface area (Å²) in [6.45, 7) is 1.71. The minimum Gasteiger partial charge on any atom is -0.497 e. The number of benzene rings is 1. The van der Waals surface area contributed by atoms with E-state index in [1.807, 2.05) is 0 Å². The maximum absolute atomic E-state index is 11.7. The van der Waals surface area contributed by atoms with Gasteiger partial charge in [-0.1, -0.05) is 6.92 Å². The summed E-state index contributed by atoms with van der Waals surface area (Å²) in [4.78, 5) is 22.2. The van der Waals surface area contributed by atoms with Gasteiger partial charge in [0.1, 0.15) is 5.75 Å². The van der Waals surface area contributed by atoms with E-state index in [0.717, 1.165) is 0 Å². The molecule has 1 amide bonds. The van der Waals surface area contributed by atoms with Crippen LogP contribution in [0.4, 0.5) is 5.69 Å². The second-order valence-corrected chi connectivity index (χ2v) is 4.05. The fourth-order valence-electron chi connectivity index (χ4n) is 1.41. The van der Waals surface area contributed by atoms with Gasteiger partial charge in [-0.25, -0.2) is 0 Å². The van der Waals surface area contributed by atoms with Crippen molar-refractivity contribution in [1.29, 1.82) is 0 Å². The molecule has 5 heteroatoms. The summed E-state index contributed by atoms with van der Waals surface area (Å²) >= 11 is 0. The van der Waals surface area contributed by atoms with E-state index < -0.39 is 5.97 Å². The Hall–Kier alpha value is -2.04. The molecule has 0 radical (unpaired) electrons. The van der Waals surface area contributed by atoms with Gasteiger partial charge in [0.05, 0.1) is 7.11 Å². The first-order valence-electron chi connectivity index (χ1n) is 5.69. The van der Waals surface area contributed by atoms with Gasteiger partial charge in [-0.3, -0.25) is 9.59 Å². The van der Waals surface area contributed by atoms with Gasteiger partial charge in [0, 0.05) is 18.0 Å². The lowest BCUT2D eigenvalue weighted by atomic mass is 10.0. The standard InChI is InChI=1S/C13H17NO4/c1-9(3-8-12(15)16)13(17)14-10-4-6-11(18-2)7-5-10/h4-7,9H,3,8H2,1-2H3,(H,14,17)(H,15,16). The monoisotopic (exact) mass is 251 g/mol. The van der Waals surface area contributed by atoms with Crippen molar-refractivity contribution in [2.75, 3.05) is 12.4 Å². The van der Waals surface area contributed by atoms with E-state index in [1.165, 1.54) is 0 Å². The number of methoxy groups -OCH3 is 1.